The number of aliphatic imine (C=N–C) groups is 1. The van der Waals surface area contributed by atoms with Gasteiger partial charge >= 0.3 is 5.97 Å². The van der Waals surface area contributed by atoms with Crippen LogP contribution in [0.1, 0.15) is 9.75 Å². The van der Waals surface area contributed by atoms with Crippen LogP contribution >= 0.6 is 11.3 Å². The van der Waals surface area contributed by atoms with Crippen LogP contribution in [0.4, 0.5) is 0 Å². The van der Waals surface area contributed by atoms with Crippen LogP contribution in [0.25, 0.3) is 0 Å². The number of nitrogens with zero attached hydrogens (tertiary/aromatic N) is 1. The fraction of sp³-hybridized carbons (Fsp3) is 0.111. The van der Waals surface area contributed by atoms with Gasteiger partial charge in [-0.15, -0.1) is 11.3 Å². The van der Waals surface area contributed by atoms with Crippen LogP contribution in [-0.2, 0) is 9.53 Å². The zero-order valence-corrected chi connectivity index (χ0v) is 7.85. The van der Waals surface area contributed by atoms with Crippen molar-refractivity contribution in [1.29, 1.82) is 0 Å². The number of hydrogen-bond donors (Lipinski definition) is 0. The molecular weight excluding hydrogens is 186 g/mol. The third-order valence-corrected chi connectivity index (χ3v) is 2.60. The first-order chi connectivity index (χ1) is 6.16. The van der Waals surface area contributed by atoms with Gasteiger partial charge in [0.25, 0.3) is 0 Å². The topological polar surface area (TPSA) is 38.7 Å². The van der Waals surface area contributed by atoms with Crippen LogP contribution in [0.5, 0.6) is 0 Å². The molecule has 0 radical (unpaired) electrons. The number of ether oxygens (including phenoxy) is 1. The first-order valence-corrected chi connectivity index (χ1v) is 4.55. The second-order valence-corrected chi connectivity index (χ2v) is 3.95. The van der Waals surface area contributed by atoms with Gasteiger partial charge in [-0.3, -0.25) is 0 Å². The van der Waals surface area contributed by atoms with E-state index in [0.29, 0.717) is 5.90 Å². The standard InChI is InChI=1S/C9H7NO2S/c1-5-3-4-7(13-5)8-10-6(2)9(11)12-8/h3-4H,2H2,1H3. The predicted octanol–water partition coefficient (Wildman–Crippen LogP) is 1.87. The van der Waals surface area contributed by atoms with E-state index in [1.54, 1.807) is 0 Å². The molecule has 2 heterocycles. The van der Waals surface area contributed by atoms with Crippen LogP contribution < -0.4 is 0 Å². The molecule has 0 atom stereocenters. The number of carbonyl (C=O) groups excluding carboxylic acids is 1. The fourth-order valence-corrected chi connectivity index (χ4v) is 1.79. The van der Waals surface area contributed by atoms with Gasteiger partial charge in [0.1, 0.15) is 5.70 Å². The van der Waals surface area contributed by atoms with Gasteiger partial charge in [0, 0.05) is 4.88 Å². The number of thiophene rings is 1. The lowest BCUT2D eigenvalue weighted by Crippen LogP contribution is -2.02. The second kappa shape index (κ2) is 2.81. The minimum absolute atomic E-state index is 0.168. The molecule has 0 saturated carbocycles. The average Bonchev–Trinajstić information content (AvgIpc) is 2.61. The van der Waals surface area contributed by atoms with Crippen molar-refractivity contribution < 1.29 is 9.53 Å². The Morgan fingerprint density at radius 2 is 2.31 bits per heavy atom. The lowest BCUT2D eigenvalue weighted by atomic mass is 10.4. The lowest BCUT2D eigenvalue weighted by molar-refractivity contribution is -0.129. The van der Waals surface area contributed by atoms with Crippen LogP contribution in [0, 0.1) is 6.92 Å². The third-order valence-electron chi connectivity index (χ3n) is 1.61. The summed E-state index contributed by atoms with van der Waals surface area (Å²) in [5.74, 6) is -0.0887. The molecule has 1 aliphatic rings. The fourth-order valence-electron chi connectivity index (χ4n) is 0.993. The predicted molar refractivity (Wildman–Crippen MR) is 50.8 cm³/mol. The number of esters is 1. The summed E-state index contributed by atoms with van der Waals surface area (Å²) in [6.45, 7) is 5.45. The summed E-state index contributed by atoms with van der Waals surface area (Å²) < 4.78 is 4.89. The molecule has 13 heavy (non-hydrogen) atoms. The number of aryl methyl sites for hydroxylation is 1. The molecule has 1 aromatic rings. The molecule has 0 aromatic carbocycles. The Kier molecular flexibility index (Phi) is 1.77. The number of hydrogen-bond acceptors (Lipinski definition) is 4. The average molecular weight is 193 g/mol. The van der Waals surface area contributed by atoms with Gasteiger partial charge in [0.05, 0.1) is 4.88 Å². The molecule has 66 valence electrons. The molecule has 0 N–H and O–H groups in total. The van der Waals surface area contributed by atoms with Crippen molar-refractivity contribution in [2.45, 2.75) is 6.92 Å². The molecule has 0 unspecified atom stereocenters. The van der Waals surface area contributed by atoms with E-state index in [2.05, 4.69) is 11.6 Å². The molecule has 0 fully saturated rings. The first-order valence-electron chi connectivity index (χ1n) is 3.73. The van der Waals surface area contributed by atoms with E-state index in [9.17, 15) is 4.79 Å². The lowest BCUT2D eigenvalue weighted by Gasteiger charge is -1.92. The van der Waals surface area contributed by atoms with E-state index < -0.39 is 5.97 Å². The van der Waals surface area contributed by atoms with Crippen molar-refractivity contribution in [3.05, 3.63) is 34.2 Å². The maximum atomic E-state index is 10.9. The molecule has 4 heteroatoms. The zero-order valence-electron chi connectivity index (χ0n) is 7.03. The molecule has 0 bridgehead atoms. The zero-order chi connectivity index (χ0) is 9.42. The molecule has 0 amide bonds. The molecule has 1 aromatic heterocycles. The molecule has 3 nitrogen and oxygen atoms in total. The van der Waals surface area contributed by atoms with E-state index >= 15 is 0 Å². The van der Waals surface area contributed by atoms with Crippen molar-refractivity contribution in [1.82, 2.24) is 0 Å². The largest absolute Gasteiger partial charge is 0.401 e. The molecule has 0 saturated heterocycles. The van der Waals surface area contributed by atoms with Crippen LogP contribution in [0.15, 0.2) is 29.4 Å². The minimum atomic E-state index is -0.457. The van der Waals surface area contributed by atoms with E-state index in [0.717, 1.165) is 9.75 Å². The van der Waals surface area contributed by atoms with Crippen LogP contribution in [-0.4, -0.2) is 11.9 Å². The molecule has 0 aliphatic carbocycles. The highest BCUT2D eigenvalue weighted by Crippen LogP contribution is 2.21. The van der Waals surface area contributed by atoms with E-state index in [1.165, 1.54) is 11.3 Å². The number of carbonyl (C=O) groups is 1. The maximum Gasteiger partial charge on any atom is 0.363 e. The molecular formula is C9H7NO2S. The minimum Gasteiger partial charge on any atom is -0.401 e. The monoisotopic (exact) mass is 193 g/mol. The number of rotatable bonds is 1. The first kappa shape index (κ1) is 8.19. The van der Waals surface area contributed by atoms with Gasteiger partial charge in [0.2, 0.25) is 5.90 Å². The molecule has 2 rings (SSSR count). The summed E-state index contributed by atoms with van der Waals surface area (Å²) in [7, 11) is 0. The van der Waals surface area contributed by atoms with Gasteiger partial charge in [-0.2, -0.15) is 0 Å². The van der Waals surface area contributed by atoms with Crippen LogP contribution in [0.3, 0.4) is 0 Å². The highest BCUT2D eigenvalue weighted by molar-refractivity contribution is 7.14. The van der Waals surface area contributed by atoms with Crippen molar-refractivity contribution in [2.75, 3.05) is 0 Å². The maximum absolute atomic E-state index is 10.9. The van der Waals surface area contributed by atoms with Crippen molar-refractivity contribution in [3.8, 4) is 0 Å². The Morgan fingerprint density at radius 1 is 1.54 bits per heavy atom. The van der Waals surface area contributed by atoms with E-state index in [-0.39, 0.29) is 5.70 Å². The summed E-state index contributed by atoms with van der Waals surface area (Å²) in [4.78, 5) is 16.9. The van der Waals surface area contributed by atoms with Crippen molar-refractivity contribution in [3.63, 3.8) is 0 Å². The van der Waals surface area contributed by atoms with Crippen molar-refractivity contribution >= 4 is 23.2 Å². The van der Waals surface area contributed by atoms with Gasteiger partial charge in [-0.25, -0.2) is 9.79 Å². The van der Waals surface area contributed by atoms with Gasteiger partial charge in [-0.05, 0) is 19.1 Å². The van der Waals surface area contributed by atoms with Gasteiger partial charge < -0.3 is 4.74 Å². The van der Waals surface area contributed by atoms with E-state index in [1.807, 2.05) is 19.1 Å². The number of cyclic esters (lactones) is 1. The highest BCUT2D eigenvalue weighted by Gasteiger charge is 2.22. The summed E-state index contributed by atoms with van der Waals surface area (Å²) in [5, 5.41) is 0. The Hall–Kier alpha value is -1.42. The Labute approximate surface area is 79.4 Å². The van der Waals surface area contributed by atoms with Crippen molar-refractivity contribution in [2.24, 2.45) is 4.99 Å². The third kappa shape index (κ3) is 1.40. The van der Waals surface area contributed by atoms with E-state index in [4.69, 9.17) is 4.74 Å². The highest BCUT2D eigenvalue weighted by atomic mass is 32.1. The quantitative estimate of drug-likeness (QED) is 0.504. The van der Waals surface area contributed by atoms with Crippen LogP contribution in [0.2, 0.25) is 0 Å². The SMILES string of the molecule is C=C1N=C(c2ccc(C)s2)OC1=O. The summed E-state index contributed by atoms with van der Waals surface area (Å²) in [6, 6.07) is 3.84. The van der Waals surface area contributed by atoms with Gasteiger partial charge in [-0.1, -0.05) is 6.58 Å². The Morgan fingerprint density at radius 3 is 2.77 bits per heavy atom. The molecule has 0 spiro atoms. The molecule has 1 aliphatic heterocycles. The summed E-state index contributed by atoms with van der Waals surface area (Å²) >= 11 is 1.54. The summed E-state index contributed by atoms with van der Waals surface area (Å²) in [5.41, 5.74) is 0.168. The Balaban J connectivity index is 2.34. The normalized spacial score (nSPS) is 15.9. The summed E-state index contributed by atoms with van der Waals surface area (Å²) in [6.07, 6.45) is 0. The second-order valence-electron chi connectivity index (χ2n) is 2.66. The Bertz CT molecular complexity index is 417. The van der Waals surface area contributed by atoms with Gasteiger partial charge in [0.15, 0.2) is 0 Å². The smallest absolute Gasteiger partial charge is 0.363 e.